The van der Waals surface area contributed by atoms with E-state index in [2.05, 4.69) is 18.8 Å². The molecule has 2 heteroatoms. The van der Waals surface area contributed by atoms with Gasteiger partial charge in [-0.25, -0.2) is 0 Å². The van der Waals surface area contributed by atoms with Gasteiger partial charge >= 0.3 is 0 Å². The third-order valence-electron chi connectivity index (χ3n) is 1.37. The summed E-state index contributed by atoms with van der Waals surface area (Å²) in [5, 5.41) is 0. The van der Waals surface area contributed by atoms with Crippen LogP contribution in [0.4, 0.5) is 0 Å². The van der Waals surface area contributed by atoms with Crippen LogP contribution >= 0.6 is 0 Å². The van der Waals surface area contributed by atoms with Gasteiger partial charge in [-0.2, -0.15) is 0 Å². The fraction of sp³-hybridized carbons (Fsp3) is 0.889. The van der Waals surface area contributed by atoms with Crippen molar-refractivity contribution >= 4 is 6.40 Å². The van der Waals surface area contributed by atoms with Crippen molar-refractivity contribution in [3.63, 3.8) is 0 Å². The van der Waals surface area contributed by atoms with Crippen LogP contribution < -0.4 is 0 Å². The normalized spacial score (nSPS) is 10.7. The molecule has 0 aliphatic heterocycles. The van der Waals surface area contributed by atoms with E-state index < -0.39 is 0 Å². The number of hydrogen-bond acceptors (Lipinski definition) is 2. The summed E-state index contributed by atoms with van der Waals surface area (Å²) in [5.41, 5.74) is 0. The van der Waals surface area contributed by atoms with E-state index in [0.29, 0.717) is 0 Å². The van der Waals surface area contributed by atoms with Crippen molar-refractivity contribution in [1.82, 2.24) is 0 Å². The molecule has 0 rings (SSSR count). The summed E-state index contributed by atoms with van der Waals surface area (Å²) < 4.78 is 5.15. The van der Waals surface area contributed by atoms with Gasteiger partial charge in [-0.3, -0.25) is 4.99 Å². The van der Waals surface area contributed by atoms with E-state index in [4.69, 9.17) is 4.74 Å². The largest absolute Gasteiger partial charge is 0.483 e. The molecule has 0 unspecified atom stereocenters. The van der Waals surface area contributed by atoms with Gasteiger partial charge in [0.15, 0.2) is 6.40 Å². The summed E-state index contributed by atoms with van der Waals surface area (Å²) in [5.74, 6) is 0. The molecule has 0 radical (unpaired) electrons. The molecule has 0 aliphatic carbocycles. The molecule has 66 valence electrons. The van der Waals surface area contributed by atoms with Crippen molar-refractivity contribution in [2.24, 2.45) is 4.99 Å². The Morgan fingerprint density at radius 3 is 2.64 bits per heavy atom. The molecule has 0 N–H and O–H groups in total. The first-order valence-corrected chi connectivity index (χ1v) is 4.51. The molecule has 0 saturated heterocycles. The zero-order valence-corrected chi connectivity index (χ0v) is 7.68. The third kappa shape index (κ3) is 9.47. The SMILES string of the molecule is CCCCCOC=NCCC. The molecule has 11 heavy (non-hydrogen) atoms. The molecule has 0 saturated carbocycles. The van der Waals surface area contributed by atoms with Crippen LogP contribution in [-0.4, -0.2) is 19.6 Å². The van der Waals surface area contributed by atoms with Gasteiger partial charge in [0.25, 0.3) is 0 Å². The minimum Gasteiger partial charge on any atom is -0.483 e. The lowest BCUT2D eigenvalue weighted by Crippen LogP contribution is -1.92. The lowest BCUT2D eigenvalue weighted by atomic mass is 10.3. The van der Waals surface area contributed by atoms with Crippen molar-refractivity contribution in [1.29, 1.82) is 0 Å². The summed E-state index contributed by atoms with van der Waals surface area (Å²) in [6.45, 7) is 5.99. The molecule has 0 aromatic carbocycles. The highest BCUT2D eigenvalue weighted by Gasteiger charge is 1.83. The first-order valence-electron chi connectivity index (χ1n) is 4.51. The Kier molecular flexibility index (Phi) is 9.01. The highest BCUT2D eigenvalue weighted by atomic mass is 16.5. The van der Waals surface area contributed by atoms with Gasteiger partial charge in [0.05, 0.1) is 6.61 Å². The molecule has 0 bridgehead atoms. The Bertz CT molecular complexity index is 91.6. The molecule has 0 amide bonds. The van der Waals surface area contributed by atoms with Crippen molar-refractivity contribution in [3.05, 3.63) is 0 Å². The van der Waals surface area contributed by atoms with Crippen LogP contribution in [-0.2, 0) is 4.74 Å². The Balaban J connectivity index is 2.89. The van der Waals surface area contributed by atoms with E-state index in [9.17, 15) is 0 Å². The number of nitrogens with zero attached hydrogens (tertiary/aromatic N) is 1. The van der Waals surface area contributed by atoms with Crippen LogP contribution in [0.5, 0.6) is 0 Å². The number of rotatable bonds is 7. The Hall–Kier alpha value is -0.530. The van der Waals surface area contributed by atoms with Crippen molar-refractivity contribution in [3.8, 4) is 0 Å². The van der Waals surface area contributed by atoms with Crippen LogP contribution in [0.1, 0.15) is 39.5 Å². The summed E-state index contributed by atoms with van der Waals surface area (Å²) >= 11 is 0. The van der Waals surface area contributed by atoms with Crippen molar-refractivity contribution < 1.29 is 4.74 Å². The van der Waals surface area contributed by atoms with E-state index in [1.807, 2.05) is 0 Å². The first-order chi connectivity index (χ1) is 5.41. The van der Waals surface area contributed by atoms with Crippen LogP contribution in [0.15, 0.2) is 4.99 Å². The molecule has 0 fully saturated rings. The third-order valence-corrected chi connectivity index (χ3v) is 1.37. The van der Waals surface area contributed by atoms with Crippen LogP contribution in [0.2, 0.25) is 0 Å². The van der Waals surface area contributed by atoms with E-state index >= 15 is 0 Å². The molecule has 0 aliphatic rings. The van der Waals surface area contributed by atoms with Gasteiger partial charge in [-0.15, -0.1) is 0 Å². The average Bonchev–Trinajstić information content (AvgIpc) is 2.03. The second-order valence-electron chi connectivity index (χ2n) is 2.59. The standard InChI is InChI=1S/C9H19NO/c1-3-5-6-8-11-9-10-7-4-2/h9H,3-8H2,1-2H3. The smallest absolute Gasteiger partial charge is 0.169 e. The van der Waals surface area contributed by atoms with Crippen molar-refractivity contribution in [2.45, 2.75) is 39.5 Å². The number of aliphatic imine (C=N–C) groups is 1. The predicted octanol–water partition coefficient (Wildman–Crippen LogP) is 2.63. The minimum absolute atomic E-state index is 0.820. The second-order valence-corrected chi connectivity index (χ2v) is 2.59. The lowest BCUT2D eigenvalue weighted by Gasteiger charge is -1.97. The molecular weight excluding hydrogens is 138 g/mol. The van der Waals surface area contributed by atoms with Gasteiger partial charge in [-0.05, 0) is 12.8 Å². The minimum atomic E-state index is 0.820. The monoisotopic (exact) mass is 157 g/mol. The molecule has 0 aromatic rings. The average molecular weight is 157 g/mol. The number of unbranched alkanes of at least 4 members (excludes halogenated alkanes) is 2. The molecule has 2 nitrogen and oxygen atoms in total. The van der Waals surface area contributed by atoms with Crippen LogP contribution in [0.3, 0.4) is 0 Å². The lowest BCUT2D eigenvalue weighted by molar-refractivity contribution is 0.306. The Morgan fingerprint density at radius 2 is 2.00 bits per heavy atom. The molecule has 0 atom stereocenters. The fourth-order valence-electron chi connectivity index (χ4n) is 0.723. The molecular formula is C9H19NO. The van der Waals surface area contributed by atoms with Gasteiger partial charge in [0.2, 0.25) is 0 Å². The summed E-state index contributed by atoms with van der Waals surface area (Å²) in [4.78, 5) is 4.04. The van der Waals surface area contributed by atoms with E-state index in [1.54, 1.807) is 6.40 Å². The molecule has 0 spiro atoms. The molecule has 0 heterocycles. The van der Waals surface area contributed by atoms with E-state index in [1.165, 1.54) is 12.8 Å². The molecule has 0 aromatic heterocycles. The highest BCUT2D eigenvalue weighted by molar-refractivity contribution is 5.45. The van der Waals surface area contributed by atoms with Crippen LogP contribution in [0, 0.1) is 0 Å². The number of ether oxygens (including phenoxy) is 1. The Labute approximate surface area is 69.7 Å². The maximum atomic E-state index is 5.15. The maximum Gasteiger partial charge on any atom is 0.169 e. The quantitative estimate of drug-likeness (QED) is 0.316. The highest BCUT2D eigenvalue weighted by Crippen LogP contribution is 1.92. The van der Waals surface area contributed by atoms with Crippen LogP contribution in [0.25, 0.3) is 0 Å². The summed E-state index contributed by atoms with van der Waals surface area (Å²) in [6, 6.07) is 0. The van der Waals surface area contributed by atoms with Gasteiger partial charge in [0, 0.05) is 6.54 Å². The maximum absolute atomic E-state index is 5.15. The van der Waals surface area contributed by atoms with Gasteiger partial charge in [0.1, 0.15) is 0 Å². The fourth-order valence-corrected chi connectivity index (χ4v) is 0.723. The van der Waals surface area contributed by atoms with E-state index in [-0.39, 0.29) is 0 Å². The Morgan fingerprint density at radius 1 is 1.18 bits per heavy atom. The zero-order valence-electron chi connectivity index (χ0n) is 7.68. The summed E-state index contributed by atoms with van der Waals surface area (Å²) in [6.07, 6.45) is 6.32. The van der Waals surface area contributed by atoms with Gasteiger partial charge in [-0.1, -0.05) is 26.7 Å². The van der Waals surface area contributed by atoms with E-state index in [0.717, 1.165) is 26.0 Å². The zero-order chi connectivity index (χ0) is 8.36. The number of hydrogen-bond donors (Lipinski definition) is 0. The van der Waals surface area contributed by atoms with Crippen molar-refractivity contribution in [2.75, 3.05) is 13.2 Å². The first kappa shape index (κ1) is 10.5. The van der Waals surface area contributed by atoms with Gasteiger partial charge < -0.3 is 4.74 Å². The topological polar surface area (TPSA) is 21.6 Å². The predicted molar refractivity (Wildman–Crippen MR) is 49.1 cm³/mol. The second kappa shape index (κ2) is 9.47. The summed E-state index contributed by atoms with van der Waals surface area (Å²) in [7, 11) is 0.